The first-order valence-electron chi connectivity index (χ1n) is 7.71. The van der Waals surface area contributed by atoms with Crippen molar-refractivity contribution < 1.29 is 24.0 Å². The van der Waals surface area contributed by atoms with Crippen molar-refractivity contribution in [2.75, 3.05) is 0 Å². The van der Waals surface area contributed by atoms with Crippen LogP contribution >= 0.6 is 11.6 Å². The molecule has 0 saturated heterocycles. The number of carboxylic acid groups (broad SMARTS) is 1. The highest BCUT2D eigenvalue weighted by molar-refractivity contribution is 6.33. The number of aromatic nitrogens is 1. The number of benzene rings is 2. The van der Waals surface area contributed by atoms with Crippen molar-refractivity contribution in [3.8, 4) is 22.6 Å². The minimum absolute atomic E-state index is 0.0249. The van der Waals surface area contributed by atoms with Crippen LogP contribution in [0.15, 0.2) is 47.1 Å². The summed E-state index contributed by atoms with van der Waals surface area (Å²) in [5.41, 5.74) is 1.48. The minimum atomic E-state index is -1.15. The van der Waals surface area contributed by atoms with Crippen LogP contribution in [-0.4, -0.2) is 15.9 Å². The number of hydrogen-bond donors (Lipinski definition) is 0. The average molecular weight is 388 g/mol. The third-order valence-electron chi connectivity index (χ3n) is 3.61. The molecule has 0 amide bonds. The van der Waals surface area contributed by atoms with Gasteiger partial charge in [0.25, 0.3) is 5.69 Å². The molecule has 0 aliphatic carbocycles. The van der Waals surface area contributed by atoms with Crippen molar-refractivity contribution in [1.29, 1.82) is 0 Å². The van der Waals surface area contributed by atoms with Crippen molar-refractivity contribution in [3.05, 3.63) is 69.4 Å². The topological polar surface area (TPSA) is 119 Å². The molecule has 2 aliphatic heterocycles. The van der Waals surface area contributed by atoms with Gasteiger partial charge in [-0.05, 0) is 6.07 Å². The third kappa shape index (κ3) is 4.06. The molecule has 0 atom stereocenters. The number of halogens is 1. The molecular formula is C18H12ClN2O6-. The Morgan fingerprint density at radius 2 is 2.00 bits per heavy atom. The second-order valence-electron chi connectivity index (χ2n) is 5.56. The Morgan fingerprint density at radius 1 is 1.30 bits per heavy atom. The van der Waals surface area contributed by atoms with Gasteiger partial charge in [-0.3, -0.25) is 10.1 Å². The summed E-state index contributed by atoms with van der Waals surface area (Å²) < 4.78 is 10.0. The number of nitrogens with zero attached hydrogens (tertiary/aromatic N) is 2. The maximum absolute atomic E-state index is 11.0. The fraction of sp³-hybridized carbons (Fsp3) is 0.111. The molecule has 1 aromatic heterocycles. The van der Waals surface area contributed by atoms with Gasteiger partial charge in [0.2, 0.25) is 0 Å². The quantitative estimate of drug-likeness (QED) is 0.389. The number of aryl methyl sites for hydroxylation is 1. The van der Waals surface area contributed by atoms with Crippen LogP contribution in [0.5, 0.6) is 11.5 Å². The molecule has 2 aliphatic rings. The molecule has 0 spiro atoms. The van der Waals surface area contributed by atoms with Gasteiger partial charge in [-0.15, -0.1) is 0 Å². The number of ether oxygens (including phenoxy) is 1. The van der Waals surface area contributed by atoms with E-state index in [1.165, 1.54) is 12.3 Å². The molecule has 8 nitrogen and oxygen atoms in total. The highest BCUT2D eigenvalue weighted by Crippen LogP contribution is 2.50. The van der Waals surface area contributed by atoms with E-state index in [-0.39, 0.29) is 12.1 Å². The van der Waals surface area contributed by atoms with E-state index in [1.54, 1.807) is 37.3 Å². The summed E-state index contributed by atoms with van der Waals surface area (Å²) in [4.78, 5) is 24.3. The number of rotatable bonds is 4. The lowest BCUT2D eigenvalue weighted by Gasteiger charge is -2.20. The Balaban J connectivity index is 0.000000180. The molecule has 2 aromatic carbocycles. The molecule has 0 fully saturated rings. The van der Waals surface area contributed by atoms with Gasteiger partial charge in [0.05, 0.1) is 16.7 Å². The van der Waals surface area contributed by atoms with Crippen LogP contribution in [0.25, 0.3) is 11.1 Å². The third-order valence-corrected chi connectivity index (χ3v) is 3.94. The smallest absolute Gasteiger partial charge is 0.284 e. The number of carboxylic acids is 1. The van der Waals surface area contributed by atoms with Crippen LogP contribution in [0.3, 0.4) is 0 Å². The summed E-state index contributed by atoms with van der Waals surface area (Å²) in [5, 5.41) is 21.4. The molecule has 138 valence electrons. The predicted molar refractivity (Wildman–Crippen MR) is 93.6 cm³/mol. The average Bonchev–Trinajstić information content (AvgIpc) is 2.98. The number of oxazole rings is 1. The Kier molecular flexibility index (Phi) is 5.09. The van der Waals surface area contributed by atoms with Crippen molar-refractivity contribution in [2.45, 2.75) is 13.3 Å². The molecule has 9 heteroatoms. The van der Waals surface area contributed by atoms with E-state index in [0.29, 0.717) is 39.2 Å². The molecule has 2 bridgehead atoms. The van der Waals surface area contributed by atoms with Gasteiger partial charge >= 0.3 is 0 Å². The van der Waals surface area contributed by atoms with Gasteiger partial charge in [-0.25, -0.2) is 4.98 Å². The Bertz CT molecular complexity index is 1030. The van der Waals surface area contributed by atoms with E-state index in [9.17, 15) is 20.0 Å². The van der Waals surface area contributed by atoms with Crippen LogP contribution < -0.4 is 9.84 Å². The Morgan fingerprint density at radius 3 is 2.56 bits per heavy atom. The zero-order valence-electron chi connectivity index (χ0n) is 14.0. The van der Waals surface area contributed by atoms with E-state index in [0.717, 1.165) is 0 Å². The lowest BCUT2D eigenvalue weighted by Crippen LogP contribution is -2.24. The van der Waals surface area contributed by atoms with Gasteiger partial charge in [0.1, 0.15) is 23.3 Å². The van der Waals surface area contributed by atoms with Crippen LogP contribution in [0.4, 0.5) is 5.69 Å². The maximum Gasteiger partial charge on any atom is 0.284 e. The fourth-order valence-electron chi connectivity index (χ4n) is 2.50. The van der Waals surface area contributed by atoms with Crippen molar-refractivity contribution in [3.63, 3.8) is 0 Å². The SMILES string of the molecule is Cc1nc(CC(=O)[O-])co1.O=[N+]([O-])c1cc2cc(c1-c1ccccc1Cl)O2. The number of hydrogen-bond acceptors (Lipinski definition) is 7. The summed E-state index contributed by atoms with van der Waals surface area (Å²) in [7, 11) is 0. The van der Waals surface area contributed by atoms with E-state index >= 15 is 0 Å². The number of nitro benzene ring substituents is 1. The number of fused-ring (bicyclic) bond motifs is 2. The second-order valence-corrected chi connectivity index (χ2v) is 5.97. The van der Waals surface area contributed by atoms with Crippen molar-refractivity contribution >= 4 is 23.3 Å². The predicted octanol–water partition coefficient (Wildman–Crippen LogP) is 3.30. The first-order valence-corrected chi connectivity index (χ1v) is 8.09. The van der Waals surface area contributed by atoms with Crippen molar-refractivity contribution in [2.24, 2.45) is 0 Å². The summed E-state index contributed by atoms with van der Waals surface area (Å²) in [6, 6.07) is 10.2. The van der Waals surface area contributed by atoms with Crippen molar-refractivity contribution in [1.82, 2.24) is 4.98 Å². The number of carbonyl (C=O) groups excluding carboxylic acids is 1. The first kappa shape index (κ1) is 18.4. The first-order chi connectivity index (χ1) is 12.8. The van der Waals surface area contributed by atoms with Crippen LogP contribution in [0.2, 0.25) is 5.02 Å². The molecule has 0 radical (unpaired) electrons. The Labute approximate surface area is 158 Å². The lowest BCUT2D eigenvalue weighted by atomic mass is 10.00. The molecule has 27 heavy (non-hydrogen) atoms. The molecule has 0 N–H and O–H groups in total. The van der Waals surface area contributed by atoms with E-state index < -0.39 is 10.9 Å². The second kappa shape index (κ2) is 7.46. The standard InChI is InChI=1S/C12H6ClNO3.C6H7NO3/c13-9-4-2-1-3-8(9)12-10(14(15)16)5-7-6-11(12)17-7;1-4-7-5(3-10-4)2-6(8)9/h1-6H;3H,2H2,1H3,(H,8,9)/p-1. The van der Waals surface area contributed by atoms with Gasteiger partial charge in [0.15, 0.2) is 5.89 Å². The summed E-state index contributed by atoms with van der Waals surface area (Å²) >= 11 is 6.05. The molecule has 0 saturated carbocycles. The van der Waals surface area contributed by atoms with E-state index in [1.807, 2.05) is 0 Å². The fourth-order valence-corrected chi connectivity index (χ4v) is 2.73. The lowest BCUT2D eigenvalue weighted by molar-refractivity contribution is -0.384. The summed E-state index contributed by atoms with van der Waals surface area (Å²) in [5.74, 6) is 0.342. The van der Waals surface area contributed by atoms with Crippen LogP contribution in [0, 0.1) is 17.0 Å². The van der Waals surface area contributed by atoms with Crippen LogP contribution in [0.1, 0.15) is 11.6 Å². The molecule has 5 rings (SSSR count). The zero-order valence-corrected chi connectivity index (χ0v) is 14.7. The Hall–Kier alpha value is -3.39. The number of carbonyl (C=O) groups is 1. The molecule has 0 unspecified atom stereocenters. The molecule has 3 aromatic rings. The van der Waals surface area contributed by atoms with Crippen LogP contribution in [-0.2, 0) is 11.2 Å². The number of aliphatic carboxylic acids is 1. The van der Waals surface area contributed by atoms with Gasteiger partial charge in [-0.2, -0.15) is 0 Å². The minimum Gasteiger partial charge on any atom is -0.550 e. The zero-order chi connectivity index (χ0) is 19.6. The largest absolute Gasteiger partial charge is 0.550 e. The normalized spacial score (nSPS) is 10.9. The molecule has 3 heterocycles. The number of nitro groups is 1. The maximum atomic E-state index is 11.0. The highest BCUT2D eigenvalue weighted by atomic mass is 35.5. The molecular weight excluding hydrogens is 376 g/mol. The van der Waals surface area contributed by atoms with Gasteiger partial charge < -0.3 is 19.1 Å². The summed E-state index contributed by atoms with van der Waals surface area (Å²) in [6.45, 7) is 1.65. The van der Waals surface area contributed by atoms with E-state index in [2.05, 4.69) is 4.98 Å². The summed E-state index contributed by atoms with van der Waals surface area (Å²) in [6.07, 6.45) is 1.13. The van der Waals surface area contributed by atoms with Gasteiger partial charge in [-0.1, -0.05) is 29.8 Å². The highest BCUT2D eigenvalue weighted by Gasteiger charge is 2.29. The van der Waals surface area contributed by atoms with E-state index in [4.69, 9.17) is 20.8 Å². The van der Waals surface area contributed by atoms with Gasteiger partial charge in [0, 0.05) is 36.0 Å². The monoisotopic (exact) mass is 387 g/mol.